The number of amides is 2. The average molecular weight is 317 g/mol. The van der Waals surface area contributed by atoms with E-state index >= 15 is 0 Å². The molecule has 6 nitrogen and oxygen atoms in total. The van der Waals surface area contributed by atoms with Gasteiger partial charge in [0.2, 0.25) is 5.91 Å². The molecule has 1 aromatic rings. The fraction of sp³-hybridized carbons (Fsp3) is 0.529. The molecule has 1 heterocycles. The third-order valence-corrected chi connectivity index (χ3v) is 4.35. The summed E-state index contributed by atoms with van der Waals surface area (Å²) in [5.41, 5.74) is 6.81. The van der Waals surface area contributed by atoms with Crippen molar-refractivity contribution in [2.24, 2.45) is 11.7 Å². The van der Waals surface area contributed by atoms with E-state index in [2.05, 4.69) is 5.32 Å². The van der Waals surface area contributed by atoms with Crippen molar-refractivity contribution in [3.63, 3.8) is 0 Å². The Bertz CT molecular complexity index is 569. The first-order valence-electron chi connectivity index (χ1n) is 8.19. The van der Waals surface area contributed by atoms with E-state index in [0.717, 1.165) is 18.7 Å². The van der Waals surface area contributed by atoms with Gasteiger partial charge < -0.3 is 20.7 Å². The summed E-state index contributed by atoms with van der Waals surface area (Å²) in [6, 6.07) is 7.31. The Morgan fingerprint density at radius 3 is 2.70 bits per heavy atom. The number of anilines is 1. The molecule has 23 heavy (non-hydrogen) atoms. The SMILES string of the molecule is NC(CNC(=O)COc1ccc(N2CCCC2=O)cc1)C1CC1. The summed E-state index contributed by atoms with van der Waals surface area (Å²) in [5, 5.41) is 2.79. The summed E-state index contributed by atoms with van der Waals surface area (Å²) in [6.07, 6.45) is 3.85. The lowest BCUT2D eigenvalue weighted by molar-refractivity contribution is -0.123. The zero-order valence-corrected chi connectivity index (χ0v) is 13.2. The predicted octanol–water partition coefficient (Wildman–Crippen LogP) is 1.05. The van der Waals surface area contributed by atoms with Crippen LogP contribution in [0.25, 0.3) is 0 Å². The van der Waals surface area contributed by atoms with E-state index in [1.54, 1.807) is 17.0 Å². The fourth-order valence-corrected chi connectivity index (χ4v) is 2.77. The molecule has 6 heteroatoms. The highest BCUT2D eigenvalue weighted by atomic mass is 16.5. The number of hydrogen-bond donors (Lipinski definition) is 2. The zero-order chi connectivity index (χ0) is 16.2. The zero-order valence-electron chi connectivity index (χ0n) is 13.2. The highest BCUT2D eigenvalue weighted by molar-refractivity contribution is 5.95. The Labute approximate surface area is 136 Å². The van der Waals surface area contributed by atoms with Crippen molar-refractivity contribution in [2.75, 3.05) is 24.6 Å². The molecule has 1 aliphatic carbocycles. The third-order valence-electron chi connectivity index (χ3n) is 4.35. The maximum absolute atomic E-state index is 11.7. The van der Waals surface area contributed by atoms with Crippen LogP contribution in [0.15, 0.2) is 24.3 Å². The molecule has 0 aromatic heterocycles. The van der Waals surface area contributed by atoms with E-state index in [0.29, 0.717) is 24.6 Å². The molecule has 1 unspecified atom stereocenters. The topological polar surface area (TPSA) is 84.7 Å². The minimum atomic E-state index is -0.167. The van der Waals surface area contributed by atoms with Crippen LogP contribution in [0.1, 0.15) is 25.7 Å². The molecule has 3 N–H and O–H groups in total. The maximum Gasteiger partial charge on any atom is 0.257 e. The number of carbonyl (C=O) groups is 2. The largest absolute Gasteiger partial charge is 0.484 e. The van der Waals surface area contributed by atoms with Crippen LogP contribution in [-0.4, -0.2) is 37.6 Å². The number of nitrogens with one attached hydrogen (secondary N) is 1. The Morgan fingerprint density at radius 2 is 2.09 bits per heavy atom. The molecule has 0 radical (unpaired) electrons. The lowest BCUT2D eigenvalue weighted by atomic mass is 10.2. The Morgan fingerprint density at radius 1 is 1.35 bits per heavy atom. The van der Waals surface area contributed by atoms with Gasteiger partial charge in [-0.25, -0.2) is 0 Å². The predicted molar refractivity (Wildman–Crippen MR) is 87.2 cm³/mol. The summed E-state index contributed by atoms with van der Waals surface area (Å²) in [7, 11) is 0. The Hall–Kier alpha value is -2.08. The van der Waals surface area contributed by atoms with Crippen molar-refractivity contribution in [3.8, 4) is 5.75 Å². The number of ether oxygens (including phenoxy) is 1. The van der Waals surface area contributed by atoms with Crippen LogP contribution >= 0.6 is 0 Å². The lowest BCUT2D eigenvalue weighted by Gasteiger charge is -2.16. The van der Waals surface area contributed by atoms with Gasteiger partial charge in [-0.15, -0.1) is 0 Å². The molecule has 3 rings (SSSR count). The molecule has 124 valence electrons. The Balaban J connectivity index is 1.42. The third kappa shape index (κ3) is 4.22. The first kappa shape index (κ1) is 15.8. The second kappa shape index (κ2) is 7.00. The van der Waals surface area contributed by atoms with Gasteiger partial charge in [0.15, 0.2) is 6.61 Å². The van der Waals surface area contributed by atoms with Gasteiger partial charge in [-0.3, -0.25) is 9.59 Å². The molecule has 2 aliphatic rings. The van der Waals surface area contributed by atoms with E-state index < -0.39 is 0 Å². The van der Waals surface area contributed by atoms with Gasteiger partial charge in [0, 0.05) is 31.2 Å². The molecule has 2 amide bonds. The van der Waals surface area contributed by atoms with Gasteiger partial charge in [0.25, 0.3) is 5.91 Å². The summed E-state index contributed by atoms with van der Waals surface area (Å²) in [5.74, 6) is 1.17. The van der Waals surface area contributed by atoms with Crippen LogP contribution in [0, 0.1) is 5.92 Å². The van der Waals surface area contributed by atoms with Crippen LogP contribution in [0.4, 0.5) is 5.69 Å². The van der Waals surface area contributed by atoms with E-state index in [1.165, 1.54) is 12.8 Å². The molecule has 1 saturated carbocycles. The monoisotopic (exact) mass is 317 g/mol. The summed E-state index contributed by atoms with van der Waals surface area (Å²) in [6.45, 7) is 1.24. The van der Waals surface area contributed by atoms with Gasteiger partial charge in [0.05, 0.1) is 0 Å². The summed E-state index contributed by atoms with van der Waals surface area (Å²) >= 11 is 0. The smallest absolute Gasteiger partial charge is 0.257 e. The molecule has 1 aliphatic heterocycles. The van der Waals surface area contributed by atoms with E-state index in [1.807, 2.05) is 12.1 Å². The van der Waals surface area contributed by atoms with Crippen LogP contribution in [-0.2, 0) is 9.59 Å². The lowest BCUT2D eigenvalue weighted by Crippen LogP contribution is -2.40. The van der Waals surface area contributed by atoms with Crippen LogP contribution in [0.5, 0.6) is 5.75 Å². The number of rotatable bonds is 7. The molecule has 1 aromatic carbocycles. The van der Waals surface area contributed by atoms with Crippen molar-refractivity contribution < 1.29 is 14.3 Å². The van der Waals surface area contributed by atoms with Gasteiger partial charge in [0.1, 0.15) is 5.75 Å². The standard InChI is InChI=1S/C17H23N3O3/c18-15(12-3-4-12)10-19-16(21)11-23-14-7-5-13(6-8-14)20-9-1-2-17(20)22/h5-8,12,15H,1-4,9-11,18H2,(H,19,21). The molecule has 0 bridgehead atoms. The fourth-order valence-electron chi connectivity index (χ4n) is 2.77. The second-order valence-corrected chi connectivity index (χ2v) is 6.24. The highest BCUT2D eigenvalue weighted by Gasteiger charge is 2.28. The normalized spacial score (nSPS) is 18.8. The van der Waals surface area contributed by atoms with E-state index in [9.17, 15) is 9.59 Å². The van der Waals surface area contributed by atoms with Crippen molar-refractivity contribution in [1.29, 1.82) is 0 Å². The first-order valence-corrected chi connectivity index (χ1v) is 8.19. The highest BCUT2D eigenvalue weighted by Crippen LogP contribution is 2.31. The van der Waals surface area contributed by atoms with Gasteiger partial charge in [-0.05, 0) is 49.4 Å². The molecule has 0 spiro atoms. The molecule has 1 saturated heterocycles. The van der Waals surface area contributed by atoms with Gasteiger partial charge >= 0.3 is 0 Å². The summed E-state index contributed by atoms with van der Waals surface area (Å²) in [4.78, 5) is 25.2. The summed E-state index contributed by atoms with van der Waals surface area (Å²) < 4.78 is 5.46. The average Bonchev–Trinajstić information content (AvgIpc) is 3.33. The van der Waals surface area contributed by atoms with Crippen molar-refractivity contribution >= 4 is 17.5 Å². The van der Waals surface area contributed by atoms with Crippen LogP contribution in [0.2, 0.25) is 0 Å². The quantitative estimate of drug-likeness (QED) is 0.787. The Kier molecular flexibility index (Phi) is 4.81. The van der Waals surface area contributed by atoms with Gasteiger partial charge in [-0.2, -0.15) is 0 Å². The van der Waals surface area contributed by atoms with Gasteiger partial charge in [-0.1, -0.05) is 0 Å². The maximum atomic E-state index is 11.7. The van der Waals surface area contributed by atoms with Crippen molar-refractivity contribution in [1.82, 2.24) is 5.32 Å². The van der Waals surface area contributed by atoms with Crippen LogP contribution < -0.4 is 20.7 Å². The van der Waals surface area contributed by atoms with Crippen molar-refractivity contribution in [3.05, 3.63) is 24.3 Å². The number of hydrogen-bond acceptors (Lipinski definition) is 4. The van der Waals surface area contributed by atoms with E-state index in [4.69, 9.17) is 10.5 Å². The van der Waals surface area contributed by atoms with Crippen LogP contribution in [0.3, 0.4) is 0 Å². The molecule has 1 atom stereocenters. The first-order chi connectivity index (χ1) is 11.1. The number of nitrogens with two attached hydrogens (primary N) is 1. The number of benzene rings is 1. The molecular weight excluding hydrogens is 294 g/mol. The number of carbonyl (C=O) groups excluding carboxylic acids is 2. The minimum Gasteiger partial charge on any atom is -0.484 e. The second-order valence-electron chi connectivity index (χ2n) is 6.24. The molecular formula is C17H23N3O3. The minimum absolute atomic E-state index is 0.0284. The molecule has 2 fully saturated rings. The number of nitrogens with zero attached hydrogens (tertiary/aromatic N) is 1. The van der Waals surface area contributed by atoms with Crippen molar-refractivity contribution in [2.45, 2.75) is 31.7 Å². The van der Waals surface area contributed by atoms with E-state index in [-0.39, 0.29) is 24.5 Å².